The molecular weight excluding hydrogens is 182 g/mol. The van der Waals surface area contributed by atoms with Gasteiger partial charge < -0.3 is 9.57 Å². The van der Waals surface area contributed by atoms with E-state index in [1.807, 2.05) is 18.2 Å². The van der Waals surface area contributed by atoms with Gasteiger partial charge >= 0.3 is 5.97 Å². The minimum Gasteiger partial charge on any atom is -0.426 e. The maximum Gasteiger partial charge on any atom is 0.318 e. The Morgan fingerprint density at radius 2 is 2.21 bits per heavy atom. The van der Waals surface area contributed by atoms with E-state index in [2.05, 4.69) is 5.48 Å². The lowest BCUT2D eigenvalue weighted by atomic mass is 9.92. The monoisotopic (exact) mass is 191 g/mol. The first-order valence-corrected chi connectivity index (χ1v) is 4.54. The van der Waals surface area contributed by atoms with Crippen LogP contribution in [0.15, 0.2) is 24.3 Å². The van der Waals surface area contributed by atoms with E-state index in [0.29, 0.717) is 12.4 Å². The highest BCUT2D eigenvalue weighted by Gasteiger charge is 2.41. The number of rotatable bonds is 0. The Morgan fingerprint density at radius 1 is 1.36 bits per heavy atom. The van der Waals surface area contributed by atoms with Gasteiger partial charge in [-0.1, -0.05) is 18.2 Å². The lowest BCUT2D eigenvalue weighted by Gasteiger charge is -2.24. The second-order valence-corrected chi connectivity index (χ2v) is 3.47. The summed E-state index contributed by atoms with van der Waals surface area (Å²) in [5.74, 6) is 0.223. The maximum atomic E-state index is 11.5. The second-order valence-electron chi connectivity index (χ2n) is 3.47. The van der Waals surface area contributed by atoms with E-state index in [1.165, 1.54) is 0 Å². The van der Waals surface area contributed by atoms with Crippen molar-refractivity contribution in [1.29, 1.82) is 0 Å². The van der Waals surface area contributed by atoms with E-state index in [4.69, 9.17) is 9.57 Å². The molecule has 1 fully saturated rings. The Balaban J connectivity index is 2.11. The van der Waals surface area contributed by atoms with Crippen LogP contribution in [0.3, 0.4) is 0 Å². The van der Waals surface area contributed by atoms with Crippen LogP contribution in [0, 0.1) is 5.92 Å². The van der Waals surface area contributed by atoms with Crippen molar-refractivity contribution in [3.63, 3.8) is 0 Å². The summed E-state index contributed by atoms with van der Waals surface area (Å²) in [6.45, 7) is 0.387. The van der Waals surface area contributed by atoms with E-state index in [9.17, 15) is 4.79 Å². The molecule has 2 aliphatic heterocycles. The van der Waals surface area contributed by atoms with Gasteiger partial charge in [0.05, 0.1) is 12.6 Å². The molecule has 3 rings (SSSR count). The van der Waals surface area contributed by atoms with Crippen LogP contribution in [-0.4, -0.2) is 12.6 Å². The average Bonchev–Trinajstić information content (AvgIpc) is 2.67. The number of hydrogen-bond donors (Lipinski definition) is 1. The Hall–Kier alpha value is -1.39. The van der Waals surface area contributed by atoms with Crippen molar-refractivity contribution < 1.29 is 14.4 Å². The molecule has 2 heterocycles. The first-order chi connectivity index (χ1) is 6.86. The van der Waals surface area contributed by atoms with Gasteiger partial charge in [0.1, 0.15) is 11.7 Å². The molecule has 4 heteroatoms. The van der Waals surface area contributed by atoms with Gasteiger partial charge in [-0.3, -0.25) is 4.79 Å². The fourth-order valence-electron chi connectivity index (χ4n) is 1.90. The summed E-state index contributed by atoms with van der Waals surface area (Å²) >= 11 is 0. The van der Waals surface area contributed by atoms with Crippen LogP contribution in [0.2, 0.25) is 0 Å². The molecule has 4 nitrogen and oxygen atoms in total. The van der Waals surface area contributed by atoms with Gasteiger partial charge in [0.2, 0.25) is 0 Å². The molecule has 2 unspecified atom stereocenters. The minimum absolute atomic E-state index is 0.0487. The molecule has 2 aliphatic rings. The zero-order chi connectivity index (χ0) is 9.54. The molecule has 0 aromatic heterocycles. The fourth-order valence-corrected chi connectivity index (χ4v) is 1.90. The van der Waals surface area contributed by atoms with Crippen LogP contribution in [-0.2, 0) is 9.63 Å². The van der Waals surface area contributed by atoms with Crippen LogP contribution in [0.4, 0.5) is 0 Å². The van der Waals surface area contributed by atoms with Crippen molar-refractivity contribution in [2.75, 3.05) is 6.61 Å². The Bertz CT molecular complexity index is 391. The van der Waals surface area contributed by atoms with E-state index in [0.717, 1.165) is 5.56 Å². The third kappa shape index (κ3) is 0.981. The zero-order valence-electron chi connectivity index (χ0n) is 7.40. The number of hydrogen-bond acceptors (Lipinski definition) is 4. The van der Waals surface area contributed by atoms with E-state index in [-0.39, 0.29) is 17.9 Å². The predicted octanol–water partition coefficient (Wildman–Crippen LogP) is 0.798. The summed E-state index contributed by atoms with van der Waals surface area (Å²) < 4.78 is 5.19. The second kappa shape index (κ2) is 2.80. The minimum atomic E-state index is -0.210. The summed E-state index contributed by atoms with van der Waals surface area (Å²) in [5, 5.41) is 0. The Labute approximate surface area is 80.8 Å². The number of ether oxygens (including phenoxy) is 1. The predicted molar refractivity (Wildman–Crippen MR) is 47.4 cm³/mol. The summed E-state index contributed by atoms with van der Waals surface area (Å²) in [6.07, 6.45) is 0. The molecule has 0 spiro atoms. The van der Waals surface area contributed by atoms with Gasteiger partial charge in [-0.25, -0.2) is 0 Å². The SMILES string of the molecule is O=C1Oc2ccccc2C2NOCC12. The Morgan fingerprint density at radius 3 is 3.14 bits per heavy atom. The van der Waals surface area contributed by atoms with Gasteiger partial charge in [0.15, 0.2) is 0 Å². The number of carbonyl (C=O) groups is 1. The van der Waals surface area contributed by atoms with Crippen LogP contribution in [0.1, 0.15) is 11.6 Å². The summed E-state index contributed by atoms with van der Waals surface area (Å²) in [5.41, 5.74) is 3.84. The molecule has 0 aliphatic carbocycles. The first-order valence-electron chi connectivity index (χ1n) is 4.54. The quantitative estimate of drug-likeness (QED) is 0.486. The van der Waals surface area contributed by atoms with Crippen molar-refractivity contribution in [3.8, 4) is 5.75 Å². The molecule has 1 N–H and O–H groups in total. The van der Waals surface area contributed by atoms with E-state index in [1.54, 1.807) is 6.07 Å². The fraction of sp³-hybridized carbons (Fsp3) is 0.300. The topological polar surface area (TPSA) is 47.6 Å². The van der Waals surface area contributed by atoms with E-state index >= 15 is 0 Å². The Kier molecular flexibility index (Phi) is 1.59. The largest absolute Gasteiger partial charge is 0.426 e. The molecule has 2 atom stereocenters. The van der Waals surface area contributed by atoms with Crippen LogP contribution >= 0.6 is 0 Å². The van der Waals surface area contributed by atoms with Crippen LogP contribution in [0.5, 0.6) is 5.75 Å². The van der Waals surface area contributed by atoms with Gasteiger partial charge in [-0.2, -0.15) is 5.48 Å². The highest BCUT2D eigenvalue weighted by Crippen LogP contribution is 2.38. The van der Waals surface area contributed by atoms with Crippen molar-refractivity contribution in [1.82, 2.24) is 5.48 Å². The molecule has 1 saturated heterocycles. The van der Waals surface area contributed by atoms with Gasteiger partial charge in [-0.15, -0.1) is 0 Å². The molecular formula is C10H9NO3. The normalized spacial score (nSPS) is 29.3. The lowest BCUT2D eigenvalue weighted by Crippen LogP contribution is -2.32. The lowest BCUT2D eigenvalue weighted by molar-refractivity contribution is -0.140. The molecule has 1 aromatic carbocycles. The summed E-state index contributed by atoms with van der Waals surface area (Å²) in [6, 6.07) is 7.47. The molecule has 0 bridgehead atoms. The number of nitrogens with one attached hydrogen (secondary N) is 1. The maximum absolute atomic E-state index is 11.5. The number of benzene rings is 1. The standard InChI is InChI=1S/C10H9NO3/c12-10-7-5-13-11-9(7)6-3-1-2-4-8(6)14-10/h1-4,7,9,11H,5H2. The van der Waals surface area contributed by atoms with Crippen molar-refractivity contribution in [3.05, 3.63) is 29.8 Å². The average molecular weight is 191 g/mol. The van der Waals surface area contributed by atoms with Crippen molar-refractivity contribution in [2.24, 2.45) is 5.92 Å². The van der Waals surface area contributed by atoms with Crippen molar-refractivity contribution >= 4 is 5.97 Å². The van der Waals surface area contributed by atoms with Gasteiger partial charge in [-0.05, 0) is 6.07 Å². The molecule has 14 heavy (non-hydrogen) atoms. The smallest absolute Gasteiger partial charge is 0.318 e. The number of para-hydroxylation sites is 1. The third-order valence-electron chi connectivity index (χ3n) is 2.64. The van der Waals surface area contributed by atoms with Crippen LogP contribution in [0.25, 0.3) is 0 Å². The molecule has 72 valence electrons. The zero-order valence-corrected chi connectivity index (χ0v) is 7.40. The molecule has 0 saturated carbocycles. The molecule has 1 aromatic rings. The number of esters is 1. The molecule has 0 amide bonds. The number of hydroxylamine groups is 1. The first kappa shape index (κ1) is 7.96. The summed E-state index contributed by atoms with van der Waals surface area (Å²) in [7, 11) is 0. The van der Waals surface area contributed by atoms with E-state index < -0.39 is 0 Å². The molecule has 0 radical (unpaired) electrons. The van der Waals surface area contributed by atoms with Gasteiger partial charge in [0, 0.05) is 5.56 Å². The number of fused-ring (bicyclic) bond motifs is 3. The number of carbonyl (C=O) groups excluding carboxylic acids is 1. The third-order valence-corrected chi connectivity index (χ3v) is 2.64. The summed E-state index contributed by atoms with van der Waals surface area (Å²) in [4.78, 5) is 16.6. The van der Waals surface area contributed by atoms with Gasteiger partial charge in [0.25, 0.3) is 0 Å². The van der Waals surface area contributed by atoms with Crippen LogP contribution < -0.4 is 10.2 Å². The highest BCUT2D eigenvalue weighted by atomic mass is 16.7. The highest BCUT2D eigenvalue weighted by molar-refractivity contribution is 5.79. The van der Waals surface area contributed by atoms with Crippen molar-refractivity contribution in [2.45, 2.75) is 6.04 Å².